The van der Waals surface area contributed by atoms with Crippen LogP contribution in [0.25, 0.3) is 0 Å². The van der Waals surface area contributed by atoms with Crippen molar-refractivity contribution in [3.8, 4) is 0 Å². The van der Waals surface area contributed by atoms with Crippen LogP contribution in [0, 0.1) is 0 Å². The van der Waals surface area contributed by atoms with Crippen LogP contribution in [0.15, 0.2) is 18.2 Å². The molecule has 1 aromatic carbocycles. The zero-order chi connectivity index (χ0) is 12.7. The summed E-state index contributed by atoms with van der Waals surface area (Å²) in [6, 6.07) is 4.97. The van der Waals surface area contributed by atoms with Crippen LogP contribution in [0.4, 0.5) is 5.69 Å². The highest BCUT2D eigenvalue weighted by molar-refractivity contribution is 5.95. The van der Waals surface area contributed by atoms with Crippen molar-refractivity contribution < 1.29 is 19.4 Å². The Morgan fingerprint density at radius 2 is 2.06 bits per heavy atom. The zero-order valence-corrected chi connectivity index (χ0v) is 9.81. The summed E-state index contributed by atoms with van der Waals surface area (Å²) in [4.78, 5) is 11.0. The Hall–Kier alpha value is -1.59. The molecule has 0 aromatic heterocycles. The number of carboxylic acid groups (broad SMARTS) is 1. The van der Waals surface area contributed by atoms with Gasteiger partial charge in [-0.15, -0.1) is 0 Å². The summed E-state index contributed by atoms with van der Waals surface area (Å²) in [5, 5.41) is 9.03. The highest BCUT2D eigenvalue weighted by atomic mass is 16.5. The summed E-state index contributed by atoms with van der Waals surface area (Å²) in [6.45, 7) is 3.70. The van der Waals surface area contributed by atoms with Gasteiger partial charge in [0, 0.05) is 12.3 Å². The van der Waals surface area contributed by atoms with E-state index in [9.17, 15) is 4.79 Å². The SMILES string of the molecule is CCOCCOCc1cccc(N)c1C(=O)O. The monoisotopic (exact) mass is 239 g/mol. The van der Waals surface area contributed by atoms with E-state index in [-0.39, 0.29) is 17.9 Å². The van der Waals surface area contributed by atoms with Crippen LogP contribution < -0.4 is 5.73 Å². The summed E-state index contributed by atoms with van der Waals surface area (Å²) >= 11 is 0. The number of ether oxygens (including phenoxy) is 2. The van der Waals surface area contributed by atoms with E-state index in [0.717, 1.165) is 0 Å². The molecule has 3 N–H and O–H groups in total. The topological polar surface area (TPSA) is 81.8 Å². The van der Waals surface area contributed by atoms with Gasteiger partial charge in [0.15, 0.2) is 0 Å². The van der Waals surface area contributed by atoms with Crippen molar-refractivity contribution in [1.29, 1.82) is 0 Å². The average molecular weight is 239 g/mol. The molecule has 17 heavy (non-hydrogen) atoms. The molecule has 0 radical (unpaired) electrons. The highest BCUT2D eigenvalue weighted by Gasteiger charge is 2.13. The fourth-order valence-corrected chi connectivity index (χ4v) is 1.45. The van der Waals surface area contributed by atoms with Gasteiger partial charge in [-0.25, -0.2) is 4.79 Å². The largest absolute Gasteiger partial charge is 0.478 e. The number of aromatic carboxylic acids is 1. The van der Waals surface area contributed by atoms with Gasteiger partial charge in [0.05, 0.1) is 25.4 Å². The van der Waals surface area contributed by atoms with E-state index in [1.165, 1.54) is 0 Å². The first kappa shape index (κ1) is 13.5. The maximum Gasteiger partial charge on any atom is 0.338 e. The predicted octanol–water partition coefficient (Wildman–Crippen LogP) is 1.52. The number of hydrogen-bond acceptors (Lipinski definition) is 4. The Bertz CT molecular complexity index is 379. The third-order valence-corrected chi connectivity index (χ3v) is 2.23. The van der Waals surface area contributed by atoms with Crippen LogP contribution in [-0.2, 0) is 16.1 Å². The third kappa shape index (κ3) is 4.05. The van der Waals surface area contributed by atoms with Gasteiger partial charge in [-0.1, -0.05) is 12.1 Å². The Kier molecular flexibility index (Phi) is 5.45. The average Bonchev–Trinajstić information content (AvgIpc) is 2.28. The van der Waals surface area contributed by atoms with Gasteiger partial charge in [-0.2, -0.15) is 0 Å². The first-order chi connectivity index (χ1) is 8.16. The third-order valence-electron chi connectivity index (χ3n) is 2.23. The molecule has 0 atom stereocenters. The number of benzene rings is 1. The molecule has 5 nitrogen and oxygen atoms in total. The maximum absolute atomic E-state index is 11.0. The van der Waals surface area contributed by atoms with Gasteiger partial charge < -0.3 is 20.3 Å². The molecule has 0 aliphatic carbocycles. The normalized spacial score (nSPS) is 10.4. The Morgan fingerprint density at radius 3 is 2.71 bits per heavy atom. The van der Waals surface area contributed by atoms with E-state index in [2.05, 4.69) is 0 Å². The lowest BCUT2D eigenvalue weighted by Gasteiger charge is -2.09. The van der Waals surface area contributed by atoms with Gasteiger partial charge in [-0.05, 0) is 18.6 Å². The minimum Gasteiger partial charge on any atom is -0.478 e. The molecule has 0 fully saturated rings. The first-order valence-electron chi connectivity index (χ1n) is 5.43. The molecule has 0 spiro atoms. The van der Waals surface area contributed by atoms with Gasteiger partial charge in [0.2, 0.25) is 0 Å². The number of nitrogens with two attached hydrogens (primary N) is 1. The predicted molar refractivity (Wildman–Crippen MR) is 64.0 cm³/mol. The van der Waals surface area contributed by atoms with Gasteiger partial charge in [0.1, 0.15) is 0 Å². The van der Waals surface area contributed by atoms with E-state index in [4.69, 9.17) is 20.3 Å². The molecule has 0 saturated carbocycles. The van der Waals surface area contributed by atoms with E-state index < -0.39 is 5.97 Å². The van der Waals surface area contributed by atoms with Crippen LogP contribution in [0.2, 0.25) is 0 Å². The lowest BCUT2D eigenvalue weighted by molar-refractivity contribution is 0.0444. The van der Waals surface area contributed by atoms with Gasteiger partial charge >= 0.3 is 5.97 Å². The smallest absolute Gasteiger partial charge is 0.338 e. The molecular weight excluding hydrogens is 222 g/mol. The number of nitrogen functional groups attached to an aromatic ring is 1. The van der Waals surface area contributed by atoms with E-state index in [1.54, 1.807) is 18.2 Å². The molecule has 0 unspecified atom stereocenters. The number of carbonyl (C=O) groups is 1. The molecular formula is C12H17NO4. The lowest BCUT2D eigenvalue weighted by atomic mass is 10.1. The fourth-order valence-electron chi connectivity index (χ4n) is 1.45. The summed E-state index contributed by atoms with van der Waals surface area (Å²) in [5.41, 5.74) is 6.56. The zero-order valence-electron chi connectivity index (χ0n) is 9.81. The van der Waals surface area contributed by atoms with Crippen molar-refractivity contribution in [1.82, 2.24) is 0 Å². The van der Waals surface area contributed by atoms with Crippen LogP contribution in [0.1, 0.15) is 22.8 Å². The molecule has 1 rings (SSSR count). The van der Waals surface area contributed by atoms with Crippen molar-refractivity contribution >= 4 is 11.7 Å². The Labute approximate surface area is 100 Å². The molecule has 0 aliphatic heterocycles. The van der Waals surface area contributed by atoms with E-state index in [1.807, 2.05) is 6.92 Å². The molecule has 0 saturated heterocycles. The number of rotatable bonds is 7. The standard InChI is InChI=1S/C12H17NO4/c1-2-16-6-7-17-8-9-4-3-5-10(13)11(9)12(14)15/h3-5H,2,6-8,13H2,1H3,(H,14,15). The van der Waals surface area contributed by atoms with Crippen molar-refractivity contribution in [2.75, 3.05) is 25.6 Å². The van der Waals surface area contributed by atoms with Gasteiger partial charge in [-0.3, -0.25) is 0 Å². The minimum absolute atomic E-state index is 0.115. The Balaban J connectivity index is 2.58. The summed E-state index contributed by atoms with van der Waals surface area (Å²) in [7, 11) is 0. The first-order valence-corrected chi connectivity index (χ1v) is 5.43. The van der Waals surface area contributed by atoms with Crippen molar-refractivity contribution in [3.63, 3.8) is 0 Å². The molecule has 5 heteroatoms. The molecule has 0 amide bonds. The van der Waals surface area contributed by atoms with Crippen LogP contribution in [-0.4, -0.2) is 30.9 Å². The summed E-state index contributed by atoms with van der Waals surface area (Å²) in [6.07, 6.45) is 0. The van der Waals surface area contributed by atoms with Crippen molar-refractivity contribution in [2.45, 2.75) is 13.5 Å². The molecule has 0 bridgehead atoms. The number of hydrogen-bond donors (Lipinski definition) is 2. The number of carboxylic acids is 1. The van der Waals surface area contributed by atoms with Crippen LogP contribution >= 0.6 is 0 Å². The van der Waals surface area contributed by atoms with Crippen LogP contribution in [0.5, 0.6) is 0 Å². The second-order valence-electron chi connectivity index (χ2n) is 3.44. The van der Waals surface area contributed by atoms with Crippen molar-refractivity contribution in [3.05, 3.63) is 29.3 Å². The molecule has 1 aromatic rings. The van der Waals surface area contributed by atoms with E-state index >= 15 is 0 Å². The van der Waals surface area contributed by atoms with Crippen LogP contribution in [0.3, 0.4) is 0 Å². The second-order valence-corrected chi connectivity index (χ2v) is 3.44. The highest BCUT2D eigenvalue weighted by Crippen LogP contribution is 2.17. The lowest BCUT2D eigenvalue weighted by Crippen LogP contribution is -2.10. The molecule has 0 heterocycles. The van der Waals surface area contributed by atoms with Gasteiger partial charge in [0.25, 0.3) is 0 Å². The number of anilines is 1. The van der Waals surface area contributed by atoms with E-state index in [0.29, 0.717) is 25.4 Å². The molecule has 0 aliphatic rings. The Morgan fingerprint density at radius 1 is 1.35 bits per heavy atom. The summed E-state index contributed by atoms with van der Waals surface area (Å²) in [5.74, 6) is -1.04. The fraction of sp³-hybridized carbons (Fsp3) is 0.417. The second kappa shape index (κ2) is 6.88. The quantitative estimate of drug-likeness (QED) is 0.557. The minimum atomic E-state index is -1.04. The summed E-state index contributed by atoms with van der Waals surface area (Å²) < 4.78 is 10.4. The maximum atomic E-state index is 11.0. The van der Waals surface area contributed by atoms with Crippen molar-refractivity contribution in [2.24, 2.45) is 0 Å². The molecule has 94 valence electrons.